The molecular weight excluding hydrogens is 386 g/mol. The molecule has 1 fully saturated rings. The molecule has 2 heterocycles. The normalized spacial score (nSPS) is 18.9. The number of aryl methyl sites for hydroxylation is 2. The van der Waals surface area contributed by atoms with Crippen LogP contribution in [0.5, 0.6) is 0 Å². The summed E-state index contributed by atoms with van der Waals surface area (Å²) in [7, 11) is -3.03. The third-order valence-corrected chi connectivity index (χ3v) is 6.78. The van der Waals surface area contributed by atoms with Gasteiger partial charge in [0.1, 0.15) is 5.15 Å². The molecule has 0 aliphatic carbocycles. The highest BCUT2D eigenvalue weighted by Gasteiger charge is 2.31. The molecule has 2 aromatic rings. The van der Waals surface area contributed by atoms with Gasteiger partial charge in [0.15, 0.2) is 9.84 Å². The Kier molecular flexibility index (Phi) is 5.72. The van der Waals surface area contributed by atoms with Crippen LogP contribution in [-0.2, 0) is 21.1 Å². The molecule has 1 saturated heterocycles. The highest BCUT2D eigenvalue weighted by atomic mass is 35.5. The van der Waals surface area contributed by atoms with Gasteiger partial charge in [-0.3, -0.25) is 4.79 Å². The van der Waals surface area contributed by atoms with E-state index >= 15 is 0 Å². The largest absolute Gasteiger partial charge is 0.323 e. The summed E-state index contributed by atoms with van der Waals surface area (Å²) in [6, 6.07) is 7.41. The van der Waals surface area contributed by atoms with E-state index in [1.165, 1.54) is 11.6 Å². The van der Waals surface area contributed by atoms with E-state index < -0.39 is 9.84 Å². The summed E-state index contributed by atoms with van der Waals surface area (Å²) in [5.41, 5.74) is 3.20. The first kappa shape index (κ1) is 19.6. The number of benzene rings is 1. The number of anilines is 1. The van der Waals surface area contributed by atoms with Gasteiger partial charge in [0.2, 0.25) is 5.91 Å². The number of amides is 1. The first-order valence-corrected chi connectivity index (χ1v) is 11.0. The minimum absolute atomic E-state index is 0.0469. The fourth-order valence-electron chi connectivity index (χ4n) is 3.10. The second-order valence-corrected chi connectivity index (χ2v) is 9.25. The van der Waals surface area contributed by atoms with Gasteiger partial charge in [-0.05, 0) is 43.5 Å². The summed E-state index contributed by atoms with van der Waals surface area (Å²) >= 11 is 6.40. The number of halogens is 1. The molecule has 1 amide bonds. The maximum atomic E-state index is 12.2. The van der Waals surface area contributed by atoms with Crippen molar-refractivity contribution in [1.82, 2.24) is 9.78 Å². The second kappa shape index (κ2) is 7.86. The van der Waals surface area contributed by atoms with Crippen LogP contribution in [0.3, 0.4) is 0 Å². The standard InChI is InChI=1S/C19H22ClN3O3S/c1-3-14-4-6-15(7-5-14)21-18(24)9-8-17-13(2)22-23(19(17)20)16-10-11-27(25,26)12-16/h4-9,16H,3,10-12H2,1-2H3,(H,21,24)/b9-8+/t16-/m0/s1. The topological polar surface area (TPSA) is 81.1 Å². The number of nitrogens with zero attached hydrogens (tertiary/aromatic N) is 2. The van der Waals surface area contributed by atoms with Crippen molar-refractivity contribution in [3.63, 3.8) is 0 Å². The average Bonchev–Trinajstić information content (AvgIpc) is 3.12. The van der Waals surface area contributed by atoms with Crippen molar-refractivity contribution in [2.24, 2.45) is 0 Å². The Balaban J connectivity index is 1.72. The zero-order valence-corrected chi connectivity index (χ0v) is 16.8. The van der Waals surface area contributed by atoms with Crippen LogP contribution in [0, 0.1) is 6.92 Å². The number of hydrogen-bond donors (Lipinski definition) is 1. The van der Waals surface area contributed by atoms with Gasteiger partial charge in [-0.15, -0.1) is 0 Å². The molecule has 0 radical (unpaired) electrons. The van der Waals surface area contributed by atoms with E-state index in [0.29, 0.717) is 22.8 Å². The minimum atomic E-state index is -3.03. The SMILES string of the molecule is CCc1ccc(NC(=O)/C=C/c2c(C)nn([C@H]3CCS(=O)(=O)C3)c2Cl)cc1. The van der Waals surface area contributed by atoms with Gasteiger partial charge >= 0.3 is 0 Å². The van der Waals surface area contributed by atoms with Gasteiger partial charge in [0.05, 0.1) is 23.2 Å². The lowest BCUT2D eigenvalue weighted by Crippen LogP contribution is -2.12. The summed E-state index contributed by atoms with van der Waals surface area (Å²) in [5.74, 6) is -0.0753. The number of carbonyl (C=O) groups excluding carboxylic acids is 1. The number of aromatic nitrogens is 2. The molecule has 1 aliphatic rings. The summed E-state index contributed by atoms with van der Waals surface area (Å²) in [4.78, 5) is 12.2. The molecule has 3 rings (SSSR count). The van der Waals surface area contributed by atoms with Gasteiger partial charge in [-0.2, -0.15) is 5.10 Å². The number of nitrogens with one attached hydrogen (secondary N) is 1. The molecule has 1 N–H and O–H groups in total. The van der Waals surface area contributed by atoms with Gasteiger partial charge in [-0.25, -0.2) is 13.1 Å². The number of carbonyl (C=O) groups is 1. The van der Waals surface area contributed by atoms with Gasteiger partial charge in [-0.1, -0.05) is 30.7 Å². The highest BCUT2D eigenvalue weighted by Crippen LogP contribution is 2.30. The predicted octanol–water partition coefficient (Wildman–Crippen LogP) is 3.42. The fraction of sp³-hybridized carbons (Fsp3) is 0.368. The third kappa shape index (κ3) is 4.59. The summed E-state index contributed by atoms with van der Waals surface area (Å²) < 4.78 is 24.9. The van der Waals surface area contributed by atoms with E-state index in [1.54, 1.807) is 17.7 Å². The van der Waals surface area contributed by atoms with Crippen LogP contribution in [0.4, 0.5) is 5.69 Å². The quantitative estimate of drug-likeness (QED) is 0.770. The predicted molar refractivity (Wildman–Crippen MR) is 108 cm³/mol. The molecule has 1 aromatic heterocycles. The molecule has 0 unspecified atom stereocenters. The smallest absolute Gasteiger partial charge is 0.248 e. The second-order valence-electron chi connectivity index (χ2n) is 6.66. The monoisotopic (exact) mass is 407 g/mol. The molecule has 1 aliphatic heterocycles. The number of rotatable bonds is 5. The maximum absolute atomic E-state index is 12.2. The Labute approximate surface area is 164 Å². The first-order chi connectivity index (χ1) is 12.8. The Morgan fingerprint density at radius 1 is 1.37 bits per heavy atom. The zero-order valence-electron chi connectivity index (χ0n) is 15.3. The maximum Gasteiger partial charge on any atom is 0.248 e. The van der Waals surface area contributed by atoms with E-state index in [0.717, 1.165) is 12.1 Å². The van der Waals surface area contributed by atoms with E-state index in [4.69, 9.17) is 11.6 Å². The van der Waals surface area contributed by atoms with Crippen LogP contribution >= 0.6 is 11.6 Å². The number of hydrogen-bond acceptors (Lipinski definition) is 4. The van der Waals surface area contributed by atoms with Gasteiger partial charge < -0.3 is 5.32 Å². The van der Waals surface area contributed by atoms with E-state index in [-0.39, 0.29) is 23.5 Å². The van der Waals surface area contributed by atoms with Crippen molar-refractivity contribution in [3.8, 4) is 0 Å². The highest BCUT2D eigenvalue weighted by molar-refractivity contribution is 7.91. The lowest BCUT2D eigenvalue weighted by Gasteiger charge is -2.09. The van der Waals surface area contributed by atoms with E-state index in [9.17, 15) is 13.2 Å². The van der Waals surface area contributed by atoms with Crippen LogP contribution in [0.2, 0.25) is 5.15 Å². The molecule has 1 atom stereocenters. The van der Waals surface area contributed by atoms with Crippen molar-refractivity contribution in [2.45, 2.75) is 32.7 Å². The molecule has 0 saturated carbocycles. The molecule has 27 heavy (non-hydrogen) atoms. The van der Waals surface area contributed by atoms with Crippen LogP contribution in [0.15, 0.2) is 30.3 Å². The van der Waals surface area contributed by atoms with Crippen molar-refractivity contribution >= 4 is 39.1 Å². The number of sulfone groups is 1. The van der Waals surface area contributed by atoms with Crippen LogP contribution in [-0.4, -0.2) is 35.6 Å². The van der Waals surface area contributed by atoms with Crippen LogP contribution < -0.4 is 5.32 Å². The van der Waals surface area contributed by atoms with Crippen molar-refractivity contribution in [3.05, 3.63) is 52.3 Å². The fourth-order valence-corrected chi connectivity index (χ4v) is 5.17. The molecular formula is C19H22ClN3O3S. The van der Waals surface area contributed by atoms with E-state index in [1.807, 2.05) is 24.3 Å². The van der Waals surface area contributed by atoms with Crippen molar-refractivity contribution in [1.29, 1.82) is 0 Å². The lowest BCUT2D eigenvalue weighted by atomic mass is 10.1. The summed E-state index contributed by atoms with van der Waals surface area (Å²) in [5, 5.41) is 7.53. The molecule has 0 spiro atoms. The minimum Gasteiger partial charge on any atom is -0.323 e. The van der Waals surface area contributed by atoms with Crippen molar-refractivity contribution in [2.75, 3.05) is 16.8 Å². The van der Waals surface area contributed by atoms with Crippen molar-refractivity contribution < 1.29 is 13.2 Å². The Bertz CT molecular complexity index is 978. The summed E-state index contributed by atoms with van der Waals surface area (Å²) in [6.45, 7) is 3.86. The summed E-state index contributed by atoms with van der Waals surface area (Å²) in [6.07, 6.45) is 4.46. The van der Waals surface area contributed by atoms with Gasteiger partial charge in [0.25, 0.3) is 0 Å². The average molecular weight is 408 g/mol. The van der Waals surface area contributed by atoms with Crippen LogP contribution in [0.25, 0.3) is 6.08 Å². The Hall–Kier alpha value is -2.12. The molecule has 144 valence electrons. The molecule has 1 aromatic carbocycles. The van der Waals surface area contributed by atoms with E-state index in [2.05, 4.69) is 17.3 Å². The zero-order chi connectivity index (χ0) is 19.6. The van der Waals surface area contributed by atoms with Gasteiger partial charge in [0, 0.05) is 17.3 Å². The first-order valence-electron chi connectivity index (χ1n) is 8.82. The molecule has 6 nitrogen and oxygen atoms in total. The Morgan fingerprint density at radius 2 is 2.07 bits per heavy atom. The molecule has 8 heteroatoms. The van der Waals surface area contributed by atoms with Crippen LogP contribution in [0.1, 0.15) is 36.2 Å². The third-order valence-electron chi connectivity index (χ3n) is 4.66. The molecule has 0 bridgehead atoms. The lowest BCUT2D eigenvalue weighted by molar-refractivity contribution is -0.111. The Morgan fingerprint density at radius 3 is 2.67 bits per heavy atom.